The number of pyridine rings is 1. The number of halogens is 2. The molecule has 134 valence electrons. The molecule has 0 N–H and O–H groups in total. The van der Waals surface area contributed by atoms with Crippen LogP contribution < -0.4 is 4.74 Å². The van der Waals surface area contributed by atoms with E-state index in [1.165, 1.54) is 0 Å². The smallest absolute Gasteiger partial charge is 0.253 e. The predicted molar refractivity (Wildman–Crippen MR) is 96.0 cm³/mol. The highest BCUT2D eigenvalue weighted by molar-refractivity contribution is 6.31. The van der Waals surface area contributed by atoms with Crippen LogP contribution in [0.1, 0.15) is 24.5 Å². The van der Waals surface area contributed by atoms with Crippen molar-refractivity contribution in [3.05, 3.63) is 59.5 Å². The summed E-state index contributed by atoms with van der Waals surface area (Å²) in [5.41, 5.74) is 0.321. The minimum absolute atomic E-state index is 0.105. The number of alkyl halides is 1. The van der Waals surface area contributed by atoms with Gasteiger partial charge in [0.1, 0.15) is 0 Å². The Kier molecular flexibility index (Phi) is 4.70. The molecular weight excluding hydrogens is 357 g/mol. The summed E-state index contributed by atoms with van der Waals surface area (Å²) in [6.45, 7) is 0.682. The topological polar surface area (TPSA) is 57.1 Å². The number of para-hydroxylation sites is 2. The van der Waals surface area contributed by atoms with Gasteiger partial charge < -0.3 is 9.47 Å². The van der Waals surface area contributed by atoms with Gasteiger partial charge >= 0.3 is 0 Å². The van der Waals surface area contributed by atoms with Crippen molar-refractivity contribution >= 4 is 22.6 Å². The number of hydrogen-bond acceptors (Lipinski definition) is 5. The molecule has 5 nitrogen and oxygen atoms in total. The number of ether oxygens (including phenoxy) is 2. The quantitative estimate of drug-likeness (QED) is 0.681. The van der Waals surface area contributed by atoms with E-state index in [0.717, 1.165) is 0 Å². The monoisotopic (exact) mass is 373 g/mol. The van der Waals surface area contributed by atoms with Gasteiger partial charge in [-0.25, -0.2) is 14.4 Å². The molecule has 7 heteroatoms. The number of benzene rings is 1. The molecule has 0 amide bonds. The van der Waals surface area contributed by atoms with E-state index in [0.29, 0.717) is 29.8 Å². The average Bonchev–Trinajstić information content (AvgIpc) is 2.67. The second-order valence-corrected chi connectivity index (χ2v) is 6.60. The van der Waals surface area contributed by atoms with Crippen LogP contribution in [0.3, 0.4) is 0 Å². The lowest BCUT2D eigenvalue weighted by Gasteiger charge is -2.36. The van der Waals surface area contributed by atoms with E-state index in [9.17, 15) is 0 Å². The highest BCUT2D eigenvalue weighted by Crippen LogP contribution is 2.41. The second-order valence-electron chi connectivity index (χ2n) is 6.24. The van der Waals surface area contributed by atoms with Crippen molar-refractivity contribution in [1.29, 1.82) is 0 Å². The molecule has 1 aromatic carbocycles. The zero-order chi connectivity index (χ0) is 18.0. The number of rotatable bonds is 4. The molecule has 26 heavy (non-hydrogen) atoms. The summed E-state index contributed by atoms with van der Waals surface area (Å²) in [7, 11) is 0. The molecule has 3 aromatic rings. The summed E-state index contributed by atoms with van der Waals surface area (Å²) in [6.07, 6.45) is 2.80. The molecule has 4 rings (SSSR count). The normalized spacial score (nSPS) is 17.8. The third kappa shape index (κ3) is 3.34. The van der Waals surface area contributed by atoms with Gasteiger partial charge in [0.05, 0.1) is 11.0 Å². The molecule has 3 heterocycles. The first-order valence-corrected chi connectivity index (χ1v) is 8.79. The maximum atomic E-state index is 15.7. The van der Waals surface area contributed by atoms with Crippen LogP contribution in [0.15, 0.2) is 48.8 Å². The molecule has 0 aliphatic carbocycles. The third-order valence-electron chi connectivity index (χ3n) is 4.51. The van der Waals surface area contributed by atoms with Gasteiger partial charge in [0.25, 0.3) is 5.88 Å². The first-order chi connectivity index (χ1) is 12.7. The molecule has 2 aromatic heterocycles. The van der Waals surface area contributed by atoms with Gasteiger partial charge in [0, 0.05) is 44.0 Å². The van der Waals surface area contributed by atoms with Crippen LogP contribution in [0.25, 0.3) is 11.0 Å². The molecule has 1 saturated heterocycles. The minimum atomic E-state index is -1.60. The molecule has 0 spiro atoms. The zero-order valence-corrected chi connectivity index (χ0v) is 14.7. The van der Waals surface area contributed by atoms with E-state index in [1.54, 1.807) is 24.5 Å². The average molecular weight is 374 g/mol. The van der Waals surface area contributed by atoms with E-state index in [1.807, 2.05) is 24.3 Å². The van der Waals surface area contributed by atoms with E-state index in [2.05, 4.69) is 15.0 Å². The number of fused-ring (bicyclic) bond motifs is 1. The van der Waals surface area contributed by atoms with Gasteiger partial charge in [0.2, 0.25) is 0 Å². The fraction of sp³-hybridized carbons (Fsp3) is 0.316. The SMILES string of the molecule is FC1(C(Oc2nc3ccccc3nc2Cl)c2cccnc2)CCOCC1. The standard InChI is InChI=1S/C19H17ClFN3O2/c20-17-18(24-15-6-2-1-5-14(15)23-17)26-16(13-4-3-9-22-12-13)19(21)7-10-25-11-8-19/h1-6,9,12,16H,7-8,10-11H2. The Labute approximate surface area is 155 Å². The van der Waals surface area contributed by atoms with Crippen LogP contribution in [-0.4, -0.2) is 33.8 Å². The summed E-state index contributed by atoms with van der Waals surface area (Å²) in [5, 5.41) is 0.105. The van der Waals surface area contributed by atoms with E-state index in [4.69, 9.17) is 21.1 Å². The van der Waals surface area contributed by atoms with Gasteiger partial charge in [-0.1, -0.05) is 29.8 Å². The van der Waals surface area contributed by atoms with Crippen molar-refractivity contribution < 1.29 is 13.9 Å². The zero-order valence-electron chi connectivity index (χ0n) is 13.9. The summed E-state index contributed by atoms with van der Waals surface area (Å²) in [6, 6.07) is 10.9. The summed E-state index contributed by atoms with van der Waals surface area (Å²) >= 11 is 6.26. The van der Waals surface area contributed by atoms with Gasteiger partial charge in [0.15, 0.2) is 16.9 Å². The van der Waals surface area contributed by atoms with Gasteiger partial charge in [-0.15, -0.1) is 0 Å². The molecule has 1 atom stereocenters. The van der Waals surface area contributed by atoms with Crippen LogP contribution >= 0.6 is 11.6 Å². The maximum absolute atomic E-state index is 15.7. The van der Waals surface area contributed by atoms with Crippen LogP contribution in [-0.2, 0) is 4.74 Å². The lowest BCUT2D eigenvalue weighted by atomic mass is 9.86. The van der Waals surface area contributed by atoms with Crippen molar-refractivity contribution in [1.82, 2.24) is 15.0 Å². The molecule has 0 saturated carbocycles. The number of aromatic nitrogens is 3. The molecule has 1 aliphatic heterocycles. The Balaban J connectivity index is 1.74. The fourth-order valence-electron chi connectivity index (χ4n) is 3.13. The Morgan fingerprint density at radius 2 is 1.81 bits per heavy atom. The first kappa shape index (κ1) is 17.1. The van der Waals surface area contributed by atoms with Crippen molar-refractivity contribution in [3.63, 3.8) is 0 Å². The van der Waals surface area contributed by atoms with E-state index >= 15 is 4.39 Å². The molecular formula is C19H17ClFN3O2. The lowest BCUT2D eigenvalue weighted by molar-refractivity contribution is -0.0744. The number of hydrogen-bond donors (Lipinski definition) is 0. The molecule has 1 aliphatic rings. The van der Waals surface area contributed by atoms with Gasteiger partial charge in [-0.2, -0.15) is 0 Å². The van der Waals surface area contributed by atoms with Crippen LogP contribution in [0.5, 0.6) is 5.88 Å². The van der Waals surface area contributed by atoms with Crippen LogP contribution in [0, 0.1) is 0 Å². The number of nitrogens with zero attached hydrogens (tertiary/aromatic N) is 3. The van der Waals surface area contributed by atoms with Crippen molar-refractivity contribution in [3.8, 4) is 5.88 Å². The molecule has 0 radical (unpaired) electrons. The molecule has 1 unspecified atom stereocenters. The molecule has 0 bridgehead atoms. The lowest BCUT2D eigenvalue weighted by Crippen LogP contribution is -2.40. The highest BCUT2D eigenvalue weighted by atomic mass is 35.5. The Bertz CT molecular complexity index is 904. The van der Waals surface area contributed by atoms with Crippen molar-refractivity contribution in [2.24, 2.45) is 0 Å². The Morgan fingerprint density at radius 3 is 2.50 bits per heavy atom. The maximum Gasteiger partial charge on any atom is 0.253 e. The van der Waals surface area contributed by atoms with E-state index in [-0.39, 0.29) is 23.9 Å². The minimum Gasteiger partial charge on any atom is -0.464 e. The summed E-state index contributed by atoms with van der Waals surface area (Å²) in [4.78, 5) is 12.8. The Morgan fingerprint density at radius 1 is 1.08 bits per heavy atom. The fourth-order valence-corrected chi connectivity index (χ4v) is 3.30. The summed E-state index contributed by atoms with van der Waals surface area (Å²) in [5.74, 6) is 0.114. The van der Waals surface area contributed by atoms with Crippen molar-refractivity contribution in [2.45, 2.75) is 24.6 Å². The second kappa shape index (κ2) is 7.13. The molecule has 1 fully saturated rings. The summed E-state index contributed by atoms with van der Waals surface area (Å²) < 4.78 is 27.1. The van der Waals surface area contributed by atoms with Crippen LogP contribution in [0.2, 0.25) is 5.15 Å². The van der Waals surface area contributed by atoms with Crippen molar-refractivity contribution in [2.75, 3.05) is 13.2 Å². The van der Waals surface area contributed by atoms with E-state index < -0.39 is 11.8 Å². The Hall–Kier alpha value is -2.31. The van der Waals surface area contributed by atoms with Gasteiger partial charge in [-0.3, -0.25) is 4.98 Å². The third-order valence-corrected chi connectivity index (χ3v) is 4.76. The predicted octanol–water partition coefficient (Wildman–Crippen LogP) is 4.32. The first-order valence-electron chi connectivity index (χ1n) is 8.41. The highest BCUT2D eigenvalue weighted by Gasteiger charge is 2.44. The van der Waals surface area contributed by atoms with Gasteiger partial charge in [-0.05, 0) is 18.2 Å². The largest absolute Gasteiger partial charge is 0.464 e. The van der Waals surface area contributed by atoms with Crippen LogP contribution in [0.4, 0.5) is 4.39 Å².